The second kappa shape index (κ2) is 7.44. The van der Waals surface area contributed by atoms with Gasteiger partial charge in [0.2, 0.25) is 0 Å². The van der Waals surface area contributed by atoms with Crippen molar-refractivity contribution < 1.29 is 27.8 Å². The topological polar surface area (TPSA) is 86.6 Å². The fourth-order valence-corrected chi connectivity index (χ4v) is 1.59. The highest BCUT2D eigenvalue weighted by molar-refractivity contribution is 5.80. The molecule has 0 atom stereocenters. The molecule has 9 heteroatoms. The number of hydrogen-bond donors (Lipinski definition) is 1. The summed E-state index contributed by atoms with van der Waals surface area (Å²) in [6.07, 6.45) is -2.31. The molecule has 0 bridgehead atoms. The van der Waals surface area contributed by atoms with E-state index in [1.807, 2.05) is 0 Å². The van der Waals surface area contributed by atoms with Crippen LogP contribution in [0.2, 0.25) is 0 Å². The molecule has 1 heterocycles. The molecule has 6 nitrogen and oxygen atoms in total. The average molecular weight is 338 g/mol. The number of nitrogens with zero attached hydrogens (tertiary/aromatic N) is 2. The number of pyridine rings is 1. The normalized spacial score (nSPS) is 11.5. The number of carboxylic acid groups (broad SMARTS) is 1. The van der Waals surface area contributed by atoms with Crippen LogP contribution in [0, 0.1) is 0 Å². The van der Waals surface area contributed by atoms with E-state index in [0.29, 0.717) is 17.5 Å². The van der Waals surface area contributed by atoms with Gasteiger partial charge in [-0.05, 0) is 42.0 Å². The zero-order valence-electron chi connectivity index (χ0n) is 12.1. The fraction of sp³-hybridized carbons (Fsp3) is 0.133. The van der Waals surface area contributed by atoms with Crippen molar-refractivity contribution in [3.63, 3.8) is 0 Å². The molecule has 0 spiro atoms. The Morgan fingerprint density at radius 3 is 2.50 bits per heavy atom. The average Bonchev–Trinajstić information content (AvgIpc) is 2.54. The molecule has 0 unspecified atom stereocenters. The highest BCUT2D eigenvalue weighted by atomic mass is 19.4. The van der Waals surface area contributed by atoms with Crippen LogP contribution >= 0.6 is 0 Å². The van der Waals surface area contributed by atoms with Crippen LogP contribution in [-0.2, 0) is 11.0 Å². The van der Waals surface area contributed by atoms with Gasteiger partial charge in [-0.2, -0.15) is 18.3 Å². The van der Waals surface area contributed by atoms with Crippen molar-refractivity contribution in [2.45, 2.75) is 6.18 Å². The summed E-state index contributed by atoms with van der Waals surface area (Å²) in [5.41, 5.74) is 2.32. The molecule has 24 heavy (non-hydrogen) atoms. The number of halogens is 3. The molecule has 1 aromatic heterocycles. The maximum absolute atomic E-state index is 12.4. The summed E-state index contributed by atoms with van der Waals surface area (Å²) >= 11 is 0. The van der Waals surface area contributed by atoms with Crippen molar-refractivity contribution in [3.8, 4) is 5.75 Å². The zero-order valence-corrected chi connectivity index (χ0v) is 12.1. The summed E-state index contributed by atoms with van der Waals surface area (Å²) in [4.78, 5) is 13.9. The number of hydrogen-bond acceptors (Lipinski definition) is 6. The third-order valence-electron chi connectivity index (χ3n) is 2.72. The Labute approximate surface area is 134 Å². The van der Waals surface area contributed by atoms with Gasteiger partial charge in [-0.3, -0.25) is 5.43 Å². The first-order chi connectivity index (χ1) is 11.3. The summed E-state index contributed by atoms with van der Waals surface area (Å²) in [6.45, 7) is -0.547. The second-order valence-corrected chi connectivity index (χ2v) is 4.53. The molecule has 2 aromatic rings. The van der Waals surface area contributed by atoms with Crippen molar-refractivity contribution in [2.24, 2.45) is 5.10 Å². The lowest BCUT2D eigenvalue weighted by Crippen LogP contribution is -2.28. The second-order valence-electron chi connectivity index (χ2n) is 4.53. The van der Waals surface area contributed by atoms with Crippen LogP contribution in [0.15, 0.2) is 47.7 Å². The van der Waals surface area contributed by atoms with Crippen LogP contribution in [-0.4, -0.2) is 23.8 Å². The third kappa shape index (κ3) is 5.27. The quantitative estimate of drug-likeness (QED) is 0.640. The Hall–Kier alpha value is -3.10. The van der Waals surface area contributed by atoms with Gasteiger partial charge in [-0.15, -0.1) is 0 Å². The SMILES string of the molecule is O=C([O-])COc1ccc(/C=N\Nc2ccc(C(F)(F)F)cn2)cc1. The van der Waals surface area contributed by atoms with Crippen LogP contribution in [0.1, 0.15) is 11.1 Å². The van der Waals surface area contributed by atoms with Gasteiger partial charge < -0.3 is 14.6 Å². The molecule has 0 radical (unpaired) electrons. The number of ether oxygens (including phenoxy) is 1. The summed E-state index contributed by atoms with van der Waals surface area (Å²) in [7, 11) is 0. The van der Waals surface area contributed by atoms with Crippen LogP contribution in [0.3, 0.4) is 0 Å². The summed E-state index contributed by atoms with van der Waals surface area (Å²) in [6, 6.07) is 8.39. The number of hydrazone groups is 1. The van der Waals surface area contributed by atoms with Crippen LogP contribution in [0.4, 0.5) is 19.0 Å². The maximum Gasteiger partial charge on any atom is 0.417 e. The third-order valence-corrected chi connectivity index (χ3v) is 2.72. The first-order valence-electron chi connectivity index (χ1n) is 6.59. The number of rotatable bonds is 6. The highest BCUT2D eigenvalue weighted by Crippen LogP contribution is 2.28. The lowest BCUT2D eigenvalue weighted by molar-refractivity contribution is -0.307. The van der Waals surface area contributed by atoms with Gasteiger partial charge in [-0.1, -0.05) is 0 Å². The highest BCUT2D eigenvalue weighted by Gasteiger charge is 2.30. The molecule has 0 aliphatic carbocycles. The first-order valence-corrected chi connectivity index (χ1v) is 6.59. The van der Waals surface area contributed by atoms with Gasteiger partial charge in [0, 0.05) is 6.20 Å². The number of benzene rings is 1. The van der Waals surface area contributed by atoms with Crippen molar-refractivity contribution in [1.29, 1.82) is 0 Å². The van der Waals surface area contributed by atoms with E-state index in [1.165, 1.54) is 6.21 Å². The number of carbonyl (C=O) groups excluding carboxylic acids is 1. The lowest BCUT2D eigenvalue weighted by Gasteiger charge is -2.07. The molecule has 1 aromatic carbocycles. The van der Waals surface area contributed by atoms with Crippen LogP contribution < -0.4 is 15.3 Å². The summed E-state index contributed by atoms with van der Waals surface area (Å²) in [5, 5.41) is 14.1. The van der Waals surface area contributed by atoms with Gasteiger partial charge in [0.05, 0.1) is 17.7 Å². The van der Waals surface area contributed by atoms with Crippen LogP contribution in [0.25, 0.3) is 0 Å². The van der Waals surface area contributed by atoms with Gasteiger partial charge in [-0.25, -0.2) is 4.98 Å². The Kier molecular flexibility index (Phi) is 5.35. The fourth-order valence-electron chi connectivity index (χ4n) is 1.59. The number of nitrogens with one attached hydrogen (secondary N) is 1. The summed E-state index contributed by atoms with van der Waals surface area (Å²) in [5.74, 6) is -0.809. The zero-order chi connectivity index (χ0) is 17.6. The van der Waals surface area contributed by atoms with E-state index in [4.69, 9.17) is 4.74 Å². The van der Waals surface area contributed by atoms with E-state index in [-0.39, 0.29) is 5.82 Å². The number of carboxylic acids is 1. The molecule has 0 saturated carbocycles. The van der Waals surface area contributed by atoms with E-state index in [2.05, 4.69) is 15.5 Å². The number of alkyl halides is 3. The first kappa shape index (κ1) is 17.3. The minimum absolute atomic E-state index is 0.160. The van der Waals surface area contributed by atoms with Crippen molar-refractivity contribution >= 4 is 18.0 Å². The number of aromatic nitrogens is 1. The number of carbonyl (C=O) groups is 1. The maximum atomic E-state index is 12.4. The molecule has 1 N–H and O–H groups in total. The van der Waals surface area contributed by atoms with E-state index < -0.39 is 24.3 Å². The largest absolute Gasteiger partial charge is 0.546 e. The van der Waals surface area contributed by atoms with Crippen molar-refractivity contribution in [1.82, 2.24) is 4.98 Å². The molecule has 2 rings (SSSR count). The standard InChI is InChI=1S/C15H12F3N3O3/c16-15(17,18)11-3-6-13(19-8-11)21-20-7-10-1-4-12(5-2-10)24-9-14(22)23/h1-8H,9H2,(H,19,21)(H,22,23)/p-1/b20-7-. The van der Waals surface area contributed by atoms with Gasteiger partial charge in [0.25, 0.3) is 0 Å². The monoisotopic (exact) mass is 338 g/mol. The molecule has 0 aliphatic rings. The minimum Gasteiger partial charge on any atom is -0.546 e. The molecule has 0 saturated heterocycles. The smallest absolute Gasteiger partial charge is 0.417 e. The lowest BCUT2D eigenvalue weighted by atomic mass is 10.2. The molecule has 0 fully saturated rings. The van der Waals surface area contributed by atoms with Crippen molar-refractivity contribution in [3.05, 3.63) is 53.7 Å². The molecule has 0 amide bonds. The van der Waals surface area contributed by atoms with Gasteiger partial charge in [0.15, 0.2) is 0 Å². The minimum atomic E-state index is -4.44. The predicted octanol–water partition coefficient (Wildman–Crippen LogP) is 1.68. The Morgan fingerprint density at radius 1 is 1.25 bits per heavy atom. The Morgan fingerprint density at radius 2 is 1.96 bits per heavy atom. The molecule has 126 valence electrons. The van der Waals surface area contributed by atoms with Gasteiger partial charge >= 0.3 is 6.18 Å². The number of aliphatic carboxylic acids is 1. The Bertz CT molecular complexity index is 713. The van der Waals surface area contributed by atoms with E-state index in [9.17, 15) is 23.1 Å². The Balaban J connectivity index is 1.90. The summed E-state index contributed by atoms with van der Waals surface area (Å²) < 4.78 is 42.1. The van der Waals surface area contributed by atoms with E-state index in [1.54, 1.807) is 24.3 Å². The predicted molar refractivity (Wildman–Crippen MR) is 77.4 cm³/mol. The number of anilines is 1. The van der Waals surface area contributed by atoms with E-state index in [0.717, 1.165) is 12.1 Å². The van der Waals surface area contributed by atoms with Crippen LogP contribution in [0.5, 0.6) is 5.75 Å². The van der Waals surface area contributed by atoms with Gasteiger partial charge in [0.1, 0.15) is 18.2 Å². The van der Waals surface area contributed by atoms with E-state index >= 15 is 0 Å². The molecule has 0 aliphatic heterocycles. The molecular weight excluding hydrogens is 327 g/mol. The molecular formula is C15H11F3N3O3-. The van der Waals surface area contributed by atoms with Crippen molar-refractivity contribution in [2.75, 3.05) is 12.0 Å².